The fourth-order valence-electron chi connectivity index (χ4n) is 5.98. The van der Waals surface area contributed by atoms with Crippen LogP contribution in [0.1, 0.15) is 53.5 Å². The van der Waals surface area contributed by atoms with E-state index in [1.165, 1.54) is 4.90 Å². The monoisotopic (exact) mass is 573 g/mol. The Balaban J connectivity index is 1.35. The second-order valence-corrected chi connectivity index (χ2v) is 11.2. The summed E-state index contributed by atoms with van der Waals surface area (Å²) in [5.74, 6) is -1.76. The van der Waals surface area contributed by atoms with Crippen molar-refractivity contribution >= 4 is 28.5 Å². The van der Waals surface area contributed by atoms with E-state index in [4.69, 9.17) is 20.6 Å². The first kappa shape index (κ1) is 26.4. The molecule has 0 atom stereocenters. The van der Waals surface area contributed by atoms with E-state index in [1.54, 1.807) is 24.4 Å². The van der Waals surface area contributed by atoms with E-state index >= 15 is 0 Å². The third kappa shape index (κ3) is 4.75. The lowest BCUT2D eigenvalue weighted by atomic mass is 9.93. The summed E-state index contributed by atoms with van der Waals surface area (Å²) < 4.78 is 35.6. The predicted octanol–water partition coefficient (Wildman–Crippen LogP) is 3.67. The van der Waals surface area contributed by atoms with Gasteiger partial charge in [-0.2, -0.15) is 5.10 Å². The average Bonchev–Trinajstić information content (AvgIpc) is 3.70. The molecule has 0 bridgehead atoms. The van der Waals surface area contributed by atoms with Crippen molar-refractivity contribution in [2.45, 2.75) is 44.7 Å². The summed E-state index contributed by atoms with van der Waals surface area (Å²) in [4.78, 5) is 36.0. The van der Waals surface area contributed by atoms with Crippen molar-refractivity contribution in [2.75, 3.05) is 24.6 Å². The van der Waals surface area contributed by atoms with Crippen LogP contribution < -0.4 is 20.7 Å². The summed E-state index contributed by atoms with van der Waals surface area (Å²) in [5.41, 5.74) is 9.39. The number of carbonyl (C=O) groups is 2. The molecule has 2 fully saturated rings. The van der Waals surface area contributed by atoms with Crippen LogP contribution in [0.15, 0.2) is 36.7 Å². The van der Waals surface area contributed by atoms with E-state index in [9.17, 15) is 18.4 Å². The largest absolute Gasteiger partial charge is 0.482 e. The topological polar surface area (TPSA) is 128 Å². The minimum Gasteiger partial charge on any atom is -0.482 e. The minimum atomic E-state index is -0.841. The predicted molar refractivity (Wildman–Crippen MR) is 150 cm³/mol. The lowest BCUT2D eigenvalue weighted by Gasteiger charge is -2.29. The number of ether oxygens (including phenoxy) is 1. The second kappa shape index (κ2) is 10.4. The zero-order valence-electron chi connectivity index (χ0n) is 22.8. The van der Waals surface area contributed by atoms with Crippen molar-refractivity contribution < 1.29 is 23.1 Å². The molecule has 4 aromatic rings. The number of nitrogens with zero attached hydrogens (tertiary/aromatic N) is 5. The summed E-state index contributed by atoms with van der Waals surface area (Å²) in [7, 11) is 0. The number of rotatable bonds is 7. The molecule has 10 nitrogen and oxygen atoms in total. The molecule has 3 aliphatic rings. The van der Waals surface area contributed by atoms with Gasteiger partial charge in [-0.3, -0.25) is 19.5 Å². The maximum atomic E-state index is 14.4. The zero-order chi connectivity index (χ0) is 29.0. The second-order valence-electron chi connectivity index (χ2n) is 11.2. The molecule has 42 heavy (non-hydrogen) atoms. The van der Waals surface area contributed by atoms with Gasteiger partial charge in [0.1, 0.15) is 17.4 Å². The van der Waals surface area contributed by atoms with Gasteiger partial charge in [0.25, 0.3) is 11.8 Å². The van der Waals surface area contributed by atoms with Gasteiger partial charge in [-0.05, 0) is 68.8 Å². The molecule has 2 amide bonds. The van der Waals surface area contributed by atoms with Gasteiger partial charge in [0, 0.05) is 17.0 Å². The highest BCUT2D eigenvalue weighted by atomic mass is 19.1. The normalized spacial score (nSPS) is 17.4. The Morgan fingerprint density at radius 2 is 1.90 bits per heavy atom. The molecule has 0 spiro atoms. The Labute approximate surface area is 239 Å². The molecule has 1 aromatic carbocycles. The summed E-state index contributed by atoms with van der Waals surface area (Å²) in [6, 6.07) is 6.15. The van der Waals surface area contributed by atoms with E-state index < -0.39 is 17.5 Å². The number of primary amides is 1. The first-order chi connectivity index (χ1) is 20.4. The average molecular weight is 574 g/mol. The zero-order valence-corrected chi connectivity index (χ0v) is 22.8. The quantitative estimate of drug-likeness (QED) is 0.345. The molecule has 3 N–H and O–H groups in total. The molecule has 2 aliphatic heterocycles. The van der Waals surface area contributed by atoms with E-state index in [0.29, 0.717) is 57.2 Å². The Morgan fingerprint density at radius 3 is 2.64 bits per heavy atom. The van der Waals surface area contributed by atoms with Crippen LogP contribution in [-0.4, -0.2) is 51.3 Å². The summed E-state index contributed by atoms with van der Waals surface area (Å²) in [6.07, 6.45) is 7.32. The number of halogens is 2. The van der Waals surface area contributed by atoms with Crippen LogP contribution in [0.4, 0.5) is 14.5 Å². The fourth-order valence-corrected chi connectivity index (χ4v) is 5.98. The van der Waals surface area contributed by atoms with E-state index in [0.717, 1.165) is 51.0 Å². The van der Waals surface area contributed by atoms with Crippen molar-refractivity contribution in [3.63, 3.8) is 0 Å². The standard InChI is InChI=1S/C30H29F2N7O3/c31-18-11-21(32)23(35-12-18)14-38-24-4-3-17(10-25(24)42-15-26(38)40)27-20-13-36-39(19-5-7-34-8-6-19)30(20)37-22(9-16-1-2-16)28(27)29(33)41/h3-4,10-13,16,19,34H,1-2,5-9,14-15H2,(H2,33,41). The smallest absolute Gasteiger partial charge is 0.265 e. The molecule has 5 heterocycles. The number of hydrogen-bond acceptors (Lipinski definition) is 7. The van der Waals surface area contributed by atoms with E-state index in [-0.39, 0.29) is 30.8 Å². The molecule has 7 rings (SSSR count). The van der Waals surface area contributed by atoms with Crippen molar-refractivity contribution in [3.05, 3.63) is 65.2 Å². The van der Waals surface area contributed by atoms with Crippen molar-refractivity contribution in [1.29, 1.82) is 0 Å². The van der Waals surface area contributed by atoms with Gasteiger partial charge in [-0.1, -0.05) is 6.07 Å². The Morgan fingerprint density at radius 1 is 1.10 bits per heavy atom. The van der Waals surface area contributed by atoms with E-state index in [2.05, 4.69) is 10.3 Å². The molecule has 3 aromatic heterocycles. The van der Waals surface area contributed by atoms with Crippen LogP contribution in [0.2, 0.25) is 0 Å². The molecular formula is C30H29F2N7O3. The van der Waals surface area contributed by atoms with Crippen molar-refractivity contribution in [1.82, 2.24) is 25.1 Å². The first-order valence-electron chi connectivity index (χ1n) is 14.2. The number of hydrogen-bond donors (Lipinski definition) is 2. The number of pyridine rings is 2. The van der Waals surface area contributed by atoms with Gasteiger partial charge in [0.2, 0.25) is 0 Å². The molecular weight excluding hydrogens is 544 g/mol. The van der Waals surface area contributed by atoms with Crippen molar-refractivity contribution in [3.8, 4) is 16.9 Å². The summed E-state index contributed by atoms with van der Waals surface area (Å²) >= 11 is 0. The molecule has 0 radical (unpaired) electrons. The molecule has 1 aliphatic carbocycles. The molecule has 1 saturated heterocycles. The third-order valence-electron chi connectivity index (χ3n) is 8.28. The van der Waals surface area contributed by atoms with Crippen LogP contribution in [0.25, 0.3) is 22.2 Å². The SMILES string of the molecule is NC(=O)c1c(CC2CC2)nc2c(cnn2C2CCNCC2)c1-c1ccc2c(c1)OCC(=O)N2Cc1ncc(F)cc1F. The number of piperidine rings is 1. The van der Waals surface area contributed by atoms with Gasteiger partial charge in [0.15, 0.2) is 12.3 Å². The highest BCUT2D eigenvalue weighted by Crippen LogP contribution is 2.42. The number of fused-ring (bicyclic) bond motifs is 2. The lowest BCUT2D eigenvalue weighted by molar-refractivity contribution is -0.121. The van der Waals surface area contributed by atoms with Gasteiger partial charge in [-0.25, -0.2) is 18.4 Å². The number of aromatic nitrogens is 4. The highest BCUT2D eigenvalue weighted by Gasteiger charge is 2.32. The number of amides is 2. The molecule has 1 saturated carbocycles. The van der Waals surface area contributed by atoms with Crippen molar-refractivity contribution in [2.24, 2.45) is 11.7 Å². The number of carbonyl (C=O) groups excluding carboxylic acids is 2. The number of nitrogens with two attached hydrogens (primary N) is 1. The van der Waals surface area contributed by atoms with Crippen LogP contribution in [0.5, 0.6) is 5.75 Å². The number of benzene rings is 1. The van der Waals surface area contributed by atoms with Crippen LogP contribution in [0.3, 0.4) is 0 Å². The van der Waals surface area contributed by atoms with Gasteiger partial charge in [-0.15, -0.1) is 0 Å². The minimum absolute atomic E-state index is 0.0661. The van der Waals surface area contributed by atoms with Gasteiger partial charge in [0.05, 0.1) is 47.6 Å². The lowest BCUT2D eigenvalue weighted by Crippen LogP contribution is -2.38. The first-order valence-corrected chi connectivity index (χ1v) is 14.2. The van der Waals surface area contributed by atoms with Crippen LogP contribution >= 0.6 is 0 Å². The third-order valence-corrected chi connectivity index (χ3v) is 8.28. The van der Waals surface area contributed by atoms with Gasteiger partial charge >= 0.3 is 0 Å². The number of nitrogens with one attached hydrogen (secondary N) is 1. The molecule has 216 valence electrons. The number of anilines is 1. The maximum Gasteiger partial charge on any atom is 0.265 e. The highest BCUT2D eigenvalue weighted by molar-refractivity contribution is 6.09. The Hall–Kier alpha value is -4.45. The summed E-state index contributed by atoms with van der Waals surface area (Å²) in [6.45, 7) is 1.32. The molecule has 12 heteroatoms. The van der Waals surface area contributed by atoms with Gasteiger partial charge < -0.3 is 15.8 Å². The maximum absolute atomic E-state index is 14.4. The summed E-state index contributed by atoms with van der Waals surface area (Å²) in [5, 5.41) is 8.83. The van der Waals surface area contributed by atoms with E-state index in [1.807, 2.05) is 4.68 Å². The Kier molecular flexibility index (Phi) is 6.57. The Bertz CT molecular complexity index is 1730. The fraction of sp³-hybridized carbons (Fsp3) is 0.367. The van der Waals surface area contributed by atoms with Crippen LogP contribution in [-0.2, 0) is 17.8 Å². The molecule has 0 unspecified atom stereocenters. The van der Waals surface area contributed by atoms with Crippen LogP contribution in [0, 0.1) is 17.6 Å².